The predicted molar refractivity (Wildman–Crippen MR) is 124 cm³/mol. The van der Waals surface area contributed by atoms with Gasteiger partial charge in [-0.2, -0.15) is 0 Å². The van der Waals surface area contributed by atoms with Crippen LogP contribution in [0.5, 0.6) is 0 Å². The topological polar surface area (TPSA) is 69.2 Å². The summed E-state index contributed by atoms with van der Waals surface area (Å²) >= 11 is 0. The Kier molecular flexibility index (Phi) is 12.1. The van der Waals surface area contributed by atoms with Gasteiger partial charge in [-0.3, -0.25) is 9.69 Å². The molecule has 2 N–H and O–H groups in total. The minimum absolute atomic E-state index is 0. The molecule has 1 unspecified atom stereocenters. The number of carbonyl (C=O) groups excluding carboxylic acids is 1. The first-order valence-electron chi connectivity index (χ1n) is 9.66. The lowest BCUT2D eigenvalue weighted by Gasteiger charge is -2.26. The summed E-state index contributed by atoms with van der Waals surface area (Å²) in [5.41, 5.74) is 1.18. The van der Waals surface area contributed by atoms with Crippen molar-refractivity contribution in [2.75, 3.05) is 60.0 Å². The summed E-state index contributed by atoms with van der Waals surface area (Å²) < 4.78 is 5.38. The number of ether oxygens (including phenoxy) is 1. The first-order chi connectivity index (χ1) is 13.1. The fraction of sp³-hybridized carbons (Fsp3) is 0.600. The minimum atomic E-state index is -0.0169. The summed E-state index contributed by atoms with van der Waals surface area (Å²) in [6, 6.07) is 10.3. The average Bonchev–Trinajstić information content (AvgIpc) is 2.70. The van der Waals surface area contributed by atoms with E-state index in [0.29, 0.717) is 5.96 Å². The molecule has 0 aromatic heterocycles. The molecule has 1 aliphatic rings. The lowest BCUT2D eigenvalue weighted by molar-refractivity contribution is -0.127. The standard InChI is InChI=1S/C20H33N5O2.HI/c1-17(18-8-5-4-6-9-18)23-20(22-16-19(26)24(2)3)21-10-7-11-25-12-14-27-15-13-25;/h4-6,8-9,17H,7,10-16H2,1-3H3,(H2,21,22,23);1H. The highest BCUT2D eigenvalue weighted by molar-refractivity contribution is 14.0. The number of hydrogen-bond donors (Lipinski definition) is 2. The van der Waals surface area contributed by atoms with E-state index in [1.807, 2.05) is 18.2 Å². The van der Waals surface area contributed by atoms with Crippen molar-refractivity contribution in [1.82, 2.24) is 20.4 Å². The molecule has 1 atom stereocenters. The first-order valence-corrected chi connectivity index (χ1v) is 9.66. The van der Waals surface area contributed by atoms with E-state index < -0.39 is 0 Å². The highest BCUT2D eigenvalue weighted by Gasteiger charge is 2.11. The van der Waals surface area contributed by atoms with Crippen molar-refractivity contribution < 1.29 is 9.53 Å². The number of halogens is 1. The Labute approximate surface area is 185 Å². The van der Waals surface area contributed by atoms with Crippen molar-refractivity contribution in [3.05, 3.63) is 35.9 Å². The van der Waals surface area contributed by atoms with Gasteiger partial charge in [-0.15, -0.1) is 24.0 Å². The number of rotatable bonds is 8. The molecule has 0 spiro atoms. The Morgan fingerprint density at radius 1 is 1.25 bits per heavy atom. The fourth-order valence-electron chi connectivity index (χ4n) is 2.81. The van der Waals surface area contributed by atoms with Crippen molar-refractivity contribution in [2.45, 2.75) is 19.4 Å². The third-order valence-corrected chi connectivity index (χ3v) is 4.57. The average molecular weight is 503 g/mol. The van der Waals surface area contributed by atoms with E-state index in [-0.39, 0.29) is 42.5 Å². The summed E-state index contributed by atoms with van der Waals surface area (Å²) in [5.74, 6) is 0.653. The van der Waals surface area contributed by atoms with E-state index in [4.69, 9.17) is 4.74 Å². The van der Waals surface area contributed by atoms with Gasteiger partial charge in [0.2, 0.25) is 5.91 Å². The van der Waals surface area contributed by atoms with Crippen LogP contribution in [-0.2, 0) is 9.53 Å². The second-order valence-corrected chi connectivity index (χ2v) is 6.96. The maximum Gasteiger partial charge on any atom is 0.243 e. The summed E-state index contributed by atoms with van der Waals surface area (Å²) in [6.07, 6.45) is 1.02. The number of nitrogens with one attached hydrogen (secondary N) is 2. The van der Waals surface area contributed by atoms with Gasteiger partial charge in [-0.1, -0.05) is 30.3 Å². The van der Waals surface area contributed by atoms with Crippen molar-refractivity contribution in [3.8, 4) is 0 Å². The summed E-state index contributed by atoms with van der Waals surface area (Å²) in [4.78, 5) is 20.3. The number of morpholine rings is 1. The van der Waals surface area contributed by atoms with Crippen molar-refractivity contribution in [2.24, 2.45) is 4.99 Å². The van der Waals surface area contributed by atoms with Crippen LogP contribution in [0.4, 0.5) is 0 Å². The van der Waals surface area contributed by atoms with Crippen LogP contribution in [0.3, 0.4) is 0 Å². The molecule has 8 heteroatoms. The molecule has 1 aliphatic heterocycles. The van der Waals surface area contributed by atoms with Gasteiger partial charge in [0.1, 0.15) is 6.54 Å². The number of benzene rings is 1. The molecule has 0 saturated carbocycles. The molecule has 1 fully saturated rings. The normalized spacial score (nSPS) is 16.0. The fourth-order valence-corrected chi connectivity index (χ4v) is 2.81. The molecule has 0 aliphatic carbocycles. The highest BCUT2D eigenvalue weighted by atomic mass is 127. The molecule has 1 aromatic rings. The summed E-state index contributed by atoms with van der Waals surface area (Å²) in [7, 11) is 3.49. The number of carbonyl (C=O) groups is 1. The zero-order valence-corrected chi connectivity index (χ0v) is 19.5. The zero-order chi connectivity index (χ0) is 19.5. The van der Waals surface area contributed by atoms with Gasteiger partial charge < -0.3 is 20.3 Å². The van der Waals surface area contributed by atoms with E-state index in [9.17, 15) is 4.79 Å². The van der Waals surface area contributed by atoms with E-state index in [1.165, 1.54) is 5.56 Å². The predicted octanol–water partition coefficient (Wildman–Crippen LogP) is 1.71. The van der Waals surface area contributed by atoms with Gasteiger partial charge in [0.25, 0.3) is 0 Å². The molecular formula is C20H34IN5O2. The Balaban J connectivity index is 0.00000392. The van der Waals surface area contributed by atoms with Gasteiger partial charge in [-0.05, 0) is 25.5 Å². The van der Waals surface area contributed by atoms with Crippen LogP contribution in [0, 0.1) is 0 Å². The molecule has 1 heterocycles. The van der Waals surface area contributed by atoms with Crippen LogP contribution in [0.2, 0.25) is 0 Å². The summed E-state index contributed by atoms with van der Waals surface area (Å²) in [6.45, 7) is 7.71. The Morgan fingerprint density at radius 3 is 2.57 bits per heavy atom. The van der Waals surface area contributed by atoms with Crippen LogP contribution in [0.15, 0.2) is 35.3 Å². The van der Waals surface area contributed by atoms with Crippen LogP contribution < -0.4 is 10.6 Å². The van der Waals surface area contributed by atoms with E-state index in [2.05, 4.69) is 39.6 Å². The third kappa shape index (κ3) is 9.20. The van der Waals surface area contributed by atoms with Gasteiger partial charge in [-0.25, -0.2) is 4.99 Å². The first kappa shape index (κ1) is 24.6. The molecule has 0 bridgehead atoms. The number of guanidine groups is 1. The molecule has 0 radical (unpaired) electrons. The second-order valence-electron chi connectivity index (χ2n) is 6.96. The van der Waals surface area contributed by atoms with E-state index in [1.54, 1.807) is 19.0 Å². The molecule has 158 valence electrons. The monoisotopic (exact) mass is 503 g/mol. The molecule has 28 heavy (non-hydrogen) atoms. The summed E-state index contributed by atoms with van der Waals surface area (Å²) in [5, 5.41) is 6.77. The largest absolute Gasteiger partial charge is 0.379 e. The van der Waals surface area contributed by atoms with Crippen LogP contribution >= 0.6 is 24.0 Å². The van der Waals surface area contributed by atoms with Crippen LogP contribution in [0.25, 0.3) is 0 Å². The number of aliphatic imine (C=N–C) groups is 1. The lowest BCUT2D eigenvalue weighted by atomic mass is 10.1. The molecule has 1 aromatic carbocycles. The SMILES string of the molecule is CC(NC(=NCC(=O)N(C)C)NCCCN1CCOCC1)c1ccccc1.I. The molecule has 7 nitrogen and oxygen atoms in total. The number of amides is 1. The maximum absolute atomic E-state index is 11.9. The van der Waals surface area contributed by atoms with Gasteiger partial charge in [0.05, 0.1) is 19.3 Å². The quantitative estimate of drug-likeness (QED) is 0.245. The van der Waals surface area contributed by atoms with Gasteiger partial charge >= 0.3 is 0 Å². The zero-order valence-electron chi connectivity index (χ0n) is 17.2. The molecular weight excluding hydrogens is 469 g/mol. The minimum Gasteiger partial charge on any atom is -0.379 e. The molecule has 1 saturated heterocycles. The Bertz CT molecular complexity index is 592. The Morgan fingerprint density at radius 2 is 1.93 bits per heavy atom. The number of likely N-dealkylation sites (N-methyl/N-ethyl adjacent to an activating group) is 1. The second kappa shape index (κ2) is 13.7. The van der Waals surface area contributed by atoms with E-state index in [0.717, 1.165) is 45.8 Å². The van der Waals surface area contributed by atoms with Gasteiger partial charge in [0.15, 0.2) is 5.96 Å². The van der Waals surface area contributed by atoms with Crippen molar-refractivity contribution in [3.63, 3.8) is 0 Å². The highest BCUT2D eigenvalue weighted by Crippen LogP contribution is 2.10. The van der Waals surface area contributed by atoms with Crippen molar-refractivity contribution in [1.29, 1.82) is 0 Å². The van der Waals surface area contributed by atoms with Crippen molar-refractivity contribution >= 4 is 35.8 Å². The molecule has 1 amide bonds. The number of nitrogens with zero attached hydrogens (tertiary/aromatic N) is 3. The lowest BCUT2D eigenvalue weighted by Crippen LogP contribution is -2.42. The molecule has 2 rings (SSSR count). The maximum atomic E-state index is 11.9. The van der Waals surface area contributed by atoms with Gasteiger partial charge in [0, 0.05) is 33.7 Å². The van der Waals surface area contributed by atoms with Crippen LogP contribution in [-0.4, -0.2) is 81.7 Å². The smallest absolute Gasteiger partial charge is 0.243 e. The van der Waals surface area contributed by atoms with E-state index >= 15 is 0 Å². The van der Waals surface area contributed by atoms with Crippen LogP contribution in [0.1, 0.15) is 24.9 Å². The third-order valence-electron chi connectivity index (χ3n) is 4.57. The Hall–Kier alpha value is -1.39. The number of hydrogen-bond acceptors (Lipinski definition) is 4.